The molecule has 0 amide bonds. The van der Waals surface area contributed by atoms with E-state index in [0.29, 0.717) is 29.6 Å². The van der Waals surface area contributed by atoms with Crippen LogP contribution in [0, 0.1) is 0 Å². The van der Waals surface area contributed by atoms with Gasteiger partial charge in [-0.2, -0.15) is 0 Å². The maximum Gasteiger partial charge on any atom is 0.223 e. The summed E-state index contributed by atoms with van der Waals surface area (Å²) in [5, 5.41) is 7.36. The molecule has 0 saturated heterocycles. The topological polar surface area (TPSA) is 75.9 Å². The quantitative estimate of drug-likeness (QED) is 0.727. The fraction of sp³-hybridized carbons (Fsp3) is 0.263. The molecule has 2 rings (SSSR count). The molecule has 1 aromatic heterocycles. The van der Waals surface area contributed by atoms with Gasteiger partial charge in [0.2, 0.25) is 5.95 Å². The summed E-state index contributed by atoms with van der Waals surface area (Å²) in [6.07, 6.45) is 10.3. The molecule has 0 fully saturated rings. The summed E-state index contributed by atoms with van der Waals surface area (Å²) >= 11 is 6.15. The van der Waals surface area contributed by atoms with Crippen molar-refractivity contribution in [2.75, 3.05) is 18.4 Å². The van der Waals surface area contributed by atoms with E-state index in [1.165, 1.54) is 5.57 Å². The third-order valence-corrected chi connectivity index (χ3v) is 3.96. The molecule has 132 valence electrons. The van der Waals surface area contributed by atoms with Gasteiger partial charge in [0.1, 0.15) is 0 Å². The van der Waals surface area contributed by atoms with Crippen LogP contribution in [0.1, 0.15) is 19.5 Å². The van der Waals surface area contributed by atoms with Crippen LogP contribution in [0.25, 0.3) is 0 Å². The highest BCUT2D eigenvalue weighted by Gasteiger charge is 2.12. The average Bonchev–Trinajstić information content (AvgIpc) is 2.60. The minimum Gasteiger partial charge on any atom is -0.402 e. The maximum absolute atomic E-state index is 6.15. The first-order chi connectivity index (χ1) is 12.0. The first-order valence-corrected chi connectivity index (χ1v) is 8.52. The lowest BCUT2D eigenvalue weighted by atomic mass is 10.0. The molecule has 25 heavy (non-hydrogen) atoms. The summed E-state index contributed by atoms with van der Waals surface area (Å²) < 4.78 is 0. The first kappa shape index (κ1) is 18.8. The number of hydrogen-bond donors (Lipinski definition) is 3. The first-order valence-electron chi connectivity index (χ1n) is 8.14. The van der Waals surface area contributed by atoms with E-state index in [4.69, 9.17) is 17.3 Å². The van der Waals surface area contributed by atoms with E-state index in [1.54, 1.807) is 6.20 Å². The fourth-order valence-corrected chi connectivity index (χ4v) is 2.52. The Bertz CT molecular complexity index is 759. The summed E-state index contributed by atoms with van der Waals surface area (Å²) in [5.74, 6) is 0.577. The Morgan fingerprint density at radius 1 is 1.48 bits per heavy atom. The maximum atomic E-state index is 6.15. The second kappa shape index (κ2) is 9.08. The summed E-state index contributed by atoms with van der Waals surface area (Å²) in [6, 6.07) is 1.84. The molecule has 2 heterocycles. The van der Waals surface area contributed by atoms with Crippen molar-refractivity contribution in [3.8, 4) is 0 Å². The van der Waals surface area contributed by atoms with Gasteiger partial charge in [0, 0.05) is 42.1 Å². The smallest absolute Gasteiger partial charge is 0.223 e. The van der Waals surface area contributed by atoms with Gasteiger partial charge in [-0.15, -0.1) is 0 Å². The molecule has 0 unspecified atom stereocenters. The van der Waals surface area contributed by atoms with Crippen molar-refractivity contribution in [2.45, 2.75) is 20.3 Å². The number of nitrogens with two attached hydrogens (primary N) is 1. The molecule has 1 aliphatic rings. The van der Waals surface area contributed by atoms with E-state index < -0.39 is 0 Å². The van der Waals surface area contributed by atoms with Crippen LogP contribution >= 0.6 is 11.6 Å². The minimum atomic E-state index is 0.543. The van der Waals surface area contributed by atoms with E-state index in [1.807, 2.05) is 38.1 Å². The van der Waals surface area contributed by atoms with E-state index in [2.05, 4.69) is 33.3 Å². The molecule has 0 aliphatic carbocycles. The predicted octanol–water partition coefficient (Wildman–Crippen LogP) is 3.41. The Balaban J connectivity index is 2.10. The Morgan fingerprint density at radius 3 is 2.96 bits per heavy atom. The van der Waals surface area contributed by atoms with Gasteiger partial charge < -0.3 is 16.4 Å². The van der Waals surface area contributed by atoms with Crippen molar-refractivity contribution in [1.82, 2.24) is 15.3 Å². The molecule has 0 radical (unpaired) electrons. The number of anilines is 1. The van der Waals surface area contributed by atoms with Gasteiger partial charge in [-0.25, -0.2) is 9.97 Å². The van der Waals surface area contributed by atoms with E-state index >= 15 is 0 Å². The lowest BCUT2D eigenvalue weighted by Gasteiger charge is -2.21. The highest BCUT2D eigenvalue weighted by atomic mass is 35.5. The Hall–Kier alpha value is -2.53. The number of aromatic nitrogens is 2. The molecule has 0 bridgehead atoms. The molecule has 0 saturated carbocycles. The van der Waals surface area contributed by atoms with E-state index in [-0.39, 0.29) is 0 Å². The zero-order valence-electron chi connectivity index (χ0n) is 14.6. The highest BCUT2D eigenvalue weighted by Crippen LogP contribution is 2.20. The zero-order valence-corrected chi connectivity index (χ0v) is 15.4. The molecule has 4 N–H and O–H groups in total. The van der Waals surface area contributed by atoms with E-state index in [9.17, 15) is 0 Å². The minimum absolute atomic E-state index is 0.543. The second-order valence-electron chi connectivity index (χ2n) is 5.69. The van der Waals surface area contributed by atoms with Crippen molar-refractivity contribution in [3.63, 3.8) is 0 Å². The van der Waals surface area contributed by atoms with Crippen LogP contribution in [0.4, 0.5) is 5.95 Å². The summed E-state index contributed by atoms with van der Waals surface area (Å²) in [5.41, 5.74) is 10.4. The predicted molar refractivity (Wildman–Crippen MR) is 105 cm³/mol. The molecule has 0 aromatic carbocycles. The van der Waals surface area contributed by atoms with Gasteiger partial charge in [0.25, 0.3) is 0 Å². The van der Waals surface area contributed by atoms with Crippen LogP contribution < -0.4 is 16.4 Å². The molecule has 0 atom stereocenters. The fourth-order valence-electron chi connectivity index (χ4n) is 2.40. The lowest BCUT2D eigenvalue weighted by Crippen LogP contribution is -2.26. The van der Waals surface area contributed by atoms with Gasteiger partial charge in [-0.05, 0) is 37.1 Å². The van der Waals surface area contributed by atoms with Crippen LogP contribution in [-0.2, 0) is 6.42 Å². The molecular formula is C19H24ClN5. The largest absolute Gasteiger partial charge is 0.402 e. The van der Waals surface area contributed by atoms with Gasteiger partial charge in [-0.1, -0.05) is 36.4 Å². The normalized spacial score (nSPS) is 18.0. The third kappa shape index (κ3) is 5.80. The van der Waals surface area contributed by atoms with Crippen LogP contribution in [-0.4, -0.2) is 23.1 Å². The number of nitrogens with zero attached hydrogens (tertiary/aromatic N) is 2. The molecule has 1 aliphatic heterocycles. The van der Waals surface area contributed by atoms with Crippen molar-refractivity contribution < 1.29 is 0 Å². The van der Waals surface area contributed by atoms with E-state index in [0.717, 1.165) is 23.5 Å². The molecule has 0 spiro atoms. The Labute approximate surface area is 154 Å². The van der Waals surface area contributed by atoms with Crippen LogP contribution in [0.5, 0.6) is 0 Å². The lowest BCUT2D eigenvalue weighted by molar-refractivity contribution is 0.839. The van der Waals surface area contributed by atoms with Crippen LogP contribution in [0.2, 0.25) is 0 Å². The Morgan fingerprint density at radius 2 is 2.28 bits per heavy atom. The number of rotatable bonds is 6. The van der Waals surface area contributed by atoms with Crippen LogP contribution in [0.3, 0.4) is 0 Å². The van der Waals surface area contributed by atoms with Crippen molar-refractivity contribution in [1.29, 1.82) is 0 Å². The van der Waals surface area contributed by atoms with Gasteiger partial charge >= 0.3 is 0 Å². The number of halogens is 1. The van der Waals surface area contributed by atoms with Gasteiger partial charge in [-0.3, -0.25) is 0 Å². The van der Waals surface area contributed by atoms with Crippen molar-refractivity contribution in [3.05, 3.63) is 76.4 Å². The van der Waals surface area contributed by atoms with Crippen molar-refractivity contribution in [2.24, 2.45) is 5.73 Å². The van der Waals surface area contributed by atoms with Gasteiger partial charge in [0.15, 0.2) is 0 Å². The second-order valence-corrected chi connectivity index (χ2v) is 6.13. The standard InChI is InChI=1S/C19H24ClN5/c1-4-16(20)10-15-9-14(11-23-18(15)5-2)12-24-19-22-7-6-17(25-19)8-13(3)21/h4-7,9-10,23H,3,8,11-12,21H2,1-2H3,(H,22,24,25)/b15-10-,16-4+,18-5+. The van der Waals surface area contributed by atoms with Crippen LogP contribution in [0.15, 0.2) is 70.7 Å². The monoisotopic (exact) mass is 357 g/mol. The zero-order chi connectivity index (χ0) is 18.2. The highest BCUT2D eigenvalue weighted by molar-refractivity contribution is 6.31. The molecule has 5 nitrogen and oxygen atoms in total. The number of allylic oxidation sites excluding steroid dienone is 6. The SMILES string of the molecule is C=C(N)Cc1ccnc(NCC2=CC(=C/C(Cl)=C\C)/C(=C\C)NC2)n1. The average molecular weight is 358 g/mol. The molecular weight excluding hydrogens is 334 g/mol. The molecule has 1 aromatic rings. The summed E-state index contributed by atoms with van der Waals surface area (Å²) in [7, 11) is 0. The summed E-state index contributed by atoms with van der Waals surface area (Å²) in [4.78, 5) is 8.69. The Kier molecular flexibility index (Phi) is 6.83. The third-order valence-electron chi connectivity index (χ3n) is 3.63. The van der Waals surface area contributed by atoms with Crippen molar-refractivity contribution >= 4 is 17.5 Å². The number of nitrogens with one attached hydrogen (secondary N) is 2. The van der Waals surface area contributed by atoms with Gasteiger partial charge in [0.05, 0.1) is 5.69 Å². The summed E-state index contributed by atoms with van der Waals surface area (Å²) in [6.45, 7) is 9.02. The molecule has 6 heteroatoms. The number of hydrogen-bond acceptors (Lipinski definition) is 5.